The molecular formula is C32H36F3N7O3. The van der Waals surface area contributed by atoms with E-state index in [0.29, 0.717) is 50.5 Å². The zero-order chi connectivity index (χ0) is 31.8. The lowest BCUT2D eigenvalue weighted by molar-refractivity contribution is -0.138. The van der Waals surface area contributed by atoms with Gasteiger partial charge in [-0.2, -0.15) is 23.4 Å². The summed E-state index contributed by atoms with van der Waals surface area (Å²) in [5.41, 5.74) is -0.0535. The third kappa shape index (κ3) is 6.39. The van der Waals surface area contributed by atoms with Crippen LogP contribution in [0.2, 0.25) is 0 Å². The summed E-state index contributed by atoms with van der Waals surface area (Å²) in [6, 6.07) is 8.42. The van der Waals surface area contributed by atoms with Crippen LogP contribution in [-0.4, -0.2) is 63.5 Å². The number of aryl methyl sites for hydroxylation is 1. The molecule has 0 aliphatic carbocycles. The van der Waals surface area contributed by atoms with Crippen molar-refractivity contribution in [2.24, 2.45) is 13.0 Å². The second-order valence-corrected chi connectivity index (χ2v) is 12.5. The third-order valence-electron chi connectivity index (χ3n) is 8.97. The van der Waals surface area contributed by atoms with E-state index < -0.39 is 23.1 Å². The Hall–Kier alpha value is -4.02. The molecule has 3 aromatic rings. The maximum atomic E-state index is 14.4. The molecule has 0 N–H and O–H groups in total. The fourth-order valence-electron chi connectivity index (χ4n) is 6.51. The highest BCUT2D eigenvalue weighted by Crippen LogP contribution is 2.42. The number of carbonyl (C=O) groups is 1. The molecule has 45 heavy (non-hydrogen) atoms. The molecule has 0 saturated carbocycles. The summed E-state index contributed by atoms with van der Waals surface area (Å²) in [4.78, 5) is 22.0. The van der Waals surface area contributed by atoms with E-state index in [1.165, 1.54) is 11.0 Å². The van der Waals surface area contributed by atoms with Gasteiger partial charge < -0.3 is 14.0 Å². The Morgan fingerprint density at radius 2 is 2.04 bits per heavy atom. The Morgan fingerprint density at radius 1 is 1.22 bits per heavy atom. The molecule has 6 rings (SSSR count). The molecule has 10 nitrogen and oxygen atoms in total. The number of benzene rings is 1. The van der Waals surface area contributed by atoms with Gasteiger partial charge in [-0.15, -0.1) is 10.2 Å². The number of halogens is 3. The highest BCUT2D eigenvalue weighted by Gasteiger charge is 2.44. The Morgan fingerprint density at radius 3 is 2.71 bits per heavy atom. The van der Waals surface area contributed by atoms with Crippen LogP contribution in [0.15, 0.2) is 30.6 Å². The van der Waals surface area contributed by atoms with Crippen LogP contribution < -0.4 is 9.64 Å². The van der Waals surface area contributed by atoms with E-state index in [9.17, 15) is 18.0 Å². The number of pyridine rings is 1. The van der Waals surface area contributed by atoms with Crippen LogP contribution in [0.4, 0.5) is 19.0 Å². The summed E-state index contributed by atoms with van der Waals surface area (Å²) in [7, 11) is 1.85. The SMILES string of the molecule is C[C@H]1CCCN(Cc2cc3c(c(C(F)(F)F)c2)CN(c2cc(C4(Cc5nncn5C)COC4)cc(OCCCC#N)n2)C3=O)C1. The number of alkyl halides is 3. The van der Waals surface area contributed by atoms with Gasteiger partial charge in [0.05, 0.1) is 38.0 Å². The number of rotatable bonds is 10. The number of fused-ring (bicyclic) bond motifs is 1. The summed E-state index contributed by atoms with van der Waals surface area (Å²) < 4.78 is 56.7. The maximum absolute atomic E-state index is 14.4. The van der Waals surface area contributed by atoms with E-state index in [1.54, 1.807) is 24.5 Å². The zero-order valence-electron chi connectivity index (χ0n) is 25.4. The molecule has 3 aliphatic heterocycles. The van der Waals surface area contributed by atoms with E-state index in [4.69, 9.17) is 14.7 Å². The van der Waals surface area contributed by atoms with Crippen molar-refractivity contribution in [1.82, 2.24) is 24.6 Å². The molecule has 0 radical (unpaired) electrons. The quantitative estimate of drug-likeness (QED) is 0.296. The average molecular weight is 624 g/mol. The van der Waals surface area contributed by atoms with Crippen LogP contribution in [0.3, 0.4) is 0 Å². The van der Waals surface area contributed by atoms with E-state index in [0.717, 1.165) is 37.3 Å². The van der Waals surface area contributed by atoms with Crippen molar-refractivity contribution in [3.05, 3.63) is 64.2 Å². The number of likely N-dealkylation sites (tertiary alicyclic amines) is 1. The number of hydrogen-bond acceptors (Lipinski definition) is 8. The number of ether oxygens (including phenoxy) is 2. The fraction of sp³-hybridized carbons (Fsp3) is 0.531. The molecule has 1 atom stereocenters. The first-order valence-electron chi connectivity index (χ1n) is 15.3. The molecular weight excluding hydrogens is 587 g/mol. The van der Waals surface area contributed by atoms with Crippen molar-refractivity contribution >= 4 is 11.7 Å². The number of hydrogen-bond donors (Lipinski definition) is 0. The Labute approximate surface area is 259 Å². The standard InChI is InChI=1S/C32H36F3N7O3/c1-21-6-5-8-41(15-21)16-22-10-24-25(26(11-22)32(33,34)35)17-42(30(24)43)27-12-23(13-29(38-27)45-9-4-3-7-36)31(18-44-19-31)14-28-39-37-20-40(28)2/h10-13,20-21H,3-6,8-9,14-19H2,1-2H3/t21-/m0/s1. The molecule has 1 aromatic carbocycles. The lowest BCUT2D eigenvalue weighted by Crippen LogP contribution is -2.49. The molecule has 5 heterocycles. The number of amides is 1. The molecule has 1 amide bonds. The van der Waals surface area contributed by atoms with Crippen molar-refractivity contribution in [3.63, 3.8) is 0 Å². The molecule has 0 unspecified atom stereocenters. The number of nitrogens with zero attached hydrogens (tertiary/aromatic N) is 7. The van der Waals surface area contributed by atoms with Crippen molar-refractivity contribution in [1.29, 1.82) is 5.26 Å². The molecule has 2 saturated heterocycles. The van der Waals surface area contributed by atoms with Crippen molar-refractivity contribution in [3.8, 4) is 11.9 Å². The maximum Gasteiger partial charge on any atom is 0.416 e. The molecule has 13 heteroatoms. The van der Waals surface area contributed by atoms with Crippen molar-refractivity contribution in [2.75, 3.05) is 37.8 Å². The number of nitriles is 1. The first-order chi connectivity index (χ1) is 21.6. The van der Waals surface area contributed by atoms with E-state index in [-0.39, 0.29) is 36.0 Å². The Bertz CT molecular complexity index is 1610. The van der Waals surface area contributed by atoms with Gasteiger partial charge in [0, 0.05) is 50.0 Å². The fourth-order valence-corrected chi connectivity index (χ4v) is 6.51. The first kappa shape index (κ1) is 31.0. The van der Waals surface area contributed by atoms with E-state index >= 15 is 0 Å². The second kappa shape index (κ2) is 12.4. The van der Waals surface area contributed by atoms with Gasteiger partial charge in [-0.3, -0.25) is 14.6 Å². The lowest BCUT2D eigenvalue weighted by atomic mass is 9.75. The molecule has 0 spiro atoms. The number of piperidine rings is 1. The van der Waals surface area contributed by atoms with Crippen LogP contribution >= 0.6 is 0 Å². The number of carbonyl (C=O) groups excluding carboxylic acids is 1. The zero-order valence-corrected chi connectivity index (χ0v) is 25.4. The highest BCUT2D eigenvalue weighted by molar-refractivity contribution is 6.10. The number of unbranched alkanes of at least 4 members (excludes halogenated alkanes) is 1. The number of anilines is 1. The largest absolute Gasteiger partial charge is 0.478 e. The van der Waals surface area contributed by atoms with E-state index in [2.05, 4.69) is 33.1 Å². The predicted molar refractivity (Wildman–Crippen MR) is 157 cm³/mol. The molecule has 238 valence electrons. The Balaban J connectivity index is 1.36. The predicted octanol–water partition coefficient (Wildman–Crippen LogP) is 4.81. The summed E-state index contributed by atoms with van der Waals surface area (Å²) in [6.45, 7) is 4.84. The monoisotopic (exact) mass is 623 g/mol. The minimum atomic E-state index is -4.63. The van der Waals surface area contributed by atoms with E-state index in [1.807, 2.05) is 11.6 Å². The molecule has 0 bridgehead atoms. The van der Waals surface area contributed by atoms with Crippen LogP contribution in [0.1, 0.15) is 71.0 Å². The molecule has 2 fully saturated rings. The topological polar surface area (TPSA) is 109 Å². The van der Waals surface area contributed by atoms with Gasteiger partial charge in [-0.25, -0.2) is 0 Å². The number of aromatic nitrogens is 4. The van der Waals surface area contributed by atoms with Crippen LogP contribution in [0.5, 0.6) is 5.88 Å². The molecule has 3 aliphatic rings. The van der Waals surface area contributed by atoms with Gasteiger partial charge in [0.25, 0.3) is 5.91 Å². The van der Waals surface area contributed by atoms with Gasteiger partial charge in [-0.05, 0) is 66.6 Å². The van der Waals surface area contributed by atoms with Crippen LogP contribution in [-0.2, 0) is 42.9 Å². The summed E-state index contributed by atoms with van der Waals surface area (Å²) >= 11 is 0. The normalized spacial score (nSPS) is 19.7. The lowest BCUT2D eigenvalue weighted by Gasteiger charge is -2.42. The third-order valence-corrected chi connectivity index (χ3v) is 8.97. The summed E-state index contributed by atoms with van der Waals surface area (Å²) in [6.07, 6.45) is 0.358. The Kier molecular flexibility index (Phi) is 8.54. The van der Waals surface area contributed by atoms with Crippen LogP contribution in [0, 0.1) is 17.2 Å². The molecule has 2 aromatic heterocycles. The highest BCUT2D eigenvalue weighted by atomic mass is 19.4. The van der Waals surface area contributed by atoms with Crippen LogP contribution in [0.25, 0.3) is 0 Å². The van der Waals surface area contributed by atoms with Crippen molar-refractivity contribution in [2.45, 2.75) is 63.7 Å². The van der Waals surface area contributed by atoms with Gasteiger partial charge in [-0.1, -0.05) is 6.92 Å². The summed E-state index contributed by atoms with van der Waals surface area (Å²) in [5, 5.41) is 17.1. The minimum absolute atomic E-state index is 0.0484. The van der Waals surface area contributed by atoms with Crippen molar-refractivity contribution < 1.29 is 27.4 Å². The van der Waals surface area contributed by atoms with Gasteiger partial charge in [0.15, 0.2) is 0 Å². The smallest absolute Gasteiger partial charge is 0.416 e. The van der Waals surface area contributed by atoms with Gasteiger partial charge >= 0.3 is 6.18 Å². The minimum Gasteiger partial charge on any atom is -0.478 e. The summed E-state index contributed by atoms with van der Waals surface area (Å²) in [5.74, 6) is 1.11. The first-order valence-corrected chi connectivity index (χ1v) is 15.3. The van der Waals surface area contributed by atoms with Gasteiger partial charge in [0.1, 0.15) is 18.0 Å². The average Bonchev–Trinajstić information content (AvgIpc) is 3.54. The second-order valence-electron chi connectivity index (χ2n) is 12.5. The van der Waals surface area contributed by atoms with Gasteiger partial charge in [0.2, 0.25) is 5.88 Å².